The van der Waals surface area contributed by atoms with Gasteiger partial charge in [-0.2, -0.15) is 4.39 Å². The van der Waals surface area contributed by atoms with Gasteiger partial charge in [0.25, 0.3) is 0 Å². The molecule has 0 N–H and O–H groups in total. The summed E-state index contributed by atoms with van der Waals surface area (Å²) >= 11 is 0. The number of hydrogen-bond donors (Lipinski definition) is 0. The molecule has 2 rings (SSSR count). The fourth-order valence-corrected chi connectivity index (χ4v) is 2.07. The first kappa shape index (κ1) is 14.2. The molecule has 0 aliphatic carbocycles. The summed E-state index contributed by atoms with van der Waals surface area (Å²) in [5, 5.41) is 0. The summed E-state index contributed by atoms with van der Waals surface area (Å²) in [5.74, 6) is 0.910. The summed E-state index contributed by atoms with van der Waals surface area (Å²) in [6, 6.07) is 9.38. The predicted molar refractivity (Wildman–Crippen MR) is 76.6 cm³/mol. The van der Waals surface area contributed by atoms with E-state index >= 15 is 0 Å². The topological polar surface area (TPSA) is 38.2 Å². The lowest BCUT2D eigenvalue weighted by Crippen LogP contribution is -2.31. The Bertz CT molecular complexity index is 577. The molecule has 0 radical (unpaired) electrons. The average molecular weight is 275 g/mol. The molecule has 106 valence electrons. The molecule has 0 saturated carbocycles. The normalized spacial score (nSPS) is 12.0. The maximum atomic E-state index is 13.1. The lowest BCUT2D eigenvalue weighted by Gasteiger charge is -2.26. The van der Waals surface area contributed by atoms with Crippen molar-refractivity contribution in [3.05, 3.63) is 48.2 Å². The Balaban J connectivity index is 2.13. The zero-order valence-corrected chi connectivity index (χ0v) is 11.9. The van der Waals surface area contributed by atoms with Crippen molar-refractivity contribution in [1.82, 2.24) is 9.97 Å². The molecule has 0 fully saturated rings. The van der Waals surface area contributed by atoms with Crippen LogP contribution in [0.1, 0.15) is 12.5 Å². The second-order valence-corrected chi connectivity index (χ2v) is 4.67. The highest BCUT2D eigenvalue weighted by Gasteiger charge is 2.14. The summed E-state index contributed by atoms with van der Waals surface area (Å²) in [4.78, 5) is 9.48. The molecule has 0 saturated heterocycles. The van der Waals surface area contributed by atoms with Gasteiger partial charge in [0.2, 0.25) is 5.95 Å². The number of para-hydroxylation sites is 1. The zero-order chi connectivity index (χ0) is 14.5. The van der Waals surface area contributed by atoms with Crippen molar-refractivity contribution in [2.75, 3.05) is 19.1 Å². The first-order chi connectivity index (χ1) is 9.61. The van der Waals surface area contributed by atoms with Gasteiger partial charge in [0.1, 0.15) is 17.9 Å². The van der Waals surface area contributed by atoms with Crippen LogP contribution in [-0.4, -0.2) is 30.2 Å². The Labute approximate surface area is 118 Å². The Kier molecular flexibility index (Phi) is 4.50. The third-order valence-electron chi connectivity index (χ3n) is 3.35. The number of methoxy groups -OCH3 is 1. The van der Waals surface area contributed by atoms with Crippen molar-refractivity contribution in [2.45, 2.75) is 19.4 Å². The highest BCUT2D eigenvalue weighted by Crippen LogP contribution is 2.21. The Morgan fingerprint density at radius 3 is 2.75 bits per heavy atom. The molecule has 1 aromatic carbocycles. The van der Waals surface area contributed by atoms with Gasteiger partial charge < -0.3 is 9.64 Å². The number of halogens is 1. The molecule has 1 unspecified atom stereocenters. The molecule has 5 heteroatoms. The van der Waals surface area contributed by atoms with Crippen LogP contribution < -0.4 is 9.64 Å². The first-order valence-corrected chi connectivity index (χ1v) is 6.44. The fourth-order valence-electron chi connectivity index (χ4n) is 2.07. The molecule has 1 aromatic heterocycles. The van der Waals surface area contributed by atoms with Crippen LogP contribution in [0.2, 0.25) is 0 Å². The maximum absolute atomic E-state index is 13.1. The molecular formula is C15H18FN3O. The monoisotopic (exact) mass is 275 g/mol. The molecular weight excluding hydrogens is 257 g/mol. The van der Waals surface area contributed by atoms with Crippen molar-refractivity contribution in [2.24, 2.45) is 0 Å². The van der Waals surface area contributed by atoms with E-state index in [2.05, 4.69) is 16.9 Å². The van der Waals surface area contributed by atoms with Crippen molar-refractivity contribution in [3.63, 3.8) is 0 Å². The van der Waals surface area contributed by atoms with Gasteiger partial charge in [0, 0.05) is 19.2 Å². The van der Waals surface area contributed by atoms with E-state index in [-0.39, 0.29) is 6.04 Å². The third-order valence-corrected chi connectivity index (χ3v) is 3.35. The number of likely N-dealkylation sites (N-methyl/N-ethyl adjacent to an activating group) is 1. The highest BCUT2D eigenvalue weighted by molar-refractivity contribution is 5.39. The number of nitrogens with zero attached hydrogens (tertiary/aromatic N) is 3. The van der Waals surface area contributed by atoms with Crippen molar-refractivity contribution in [1.29, 1.82) is 0 Å². The summed E-state index contributed by atoms with van der Waals surface area (Å²) < 4.78 is 18.5. The molecule has 1 heterocycles. The van der Waals surface area contributed by atoms with Crippen LogP contribution in [-0.2, 0) is 6.42 Å². The van der Waals surface area contributed by atoms with Crippen LogP contribution in [0.25, 0.3) is 0 Å². The number of aromatic nitrogens is 2. The van der Waals surface area contributed by atoms with Crippen LogP contribution in [0.15, 0.2) is 36.7 Å². The molecule has 20 heavy (non-hydrogen) atoms. The van der Waals surface area contributed by atoms with Gasteiger partial charge in [-0.25, -0.2) is 9.97 Å². The molecule has 0 aliphatic heterocycles. The van der Waals surface area contributed by atoms with Gasteiger partial charge in [-0.1, -0.05) is 18.2 Å². The molecule has 0 aliphatic rings. The second-order valence-electron chi connectivity index (χ2n) is 4.67. The third kappa shape index (κ3) is 3.23. The van der Waals surface area contributed by atoms with E-state index in [0.29, 0.717) is 5.82 Å². The minimum Gasteiger partial charge on any atom is -0.496 e. The molecule has 1 atom stereocenters. The fraction of sp³-hybridized carbons (Fsp3) is 0.333. The van der Waals surface area contributed by atoms with Crippen LogP contribution in [0.5, 0.6) is 5.75 Å². The summed E-state index contributed by atoms with van der Waals surface area (Å²) in [6.07, 6.45) is 2.02. The Morgan fingerprint density at radius 1 is 1.30 bits per heavy atom. The van der Waals surface area contributed by atoms with E-state index in [1.54, 1.807) is 7.11 Å². The number of anilines is 1. The van der Waals surface area contributed by atoms with E-state index in [0.717, 1.165) is 17.7 Å². The van der Waals surface area contributed by atoms with Gasteiger partial charge in [-0.3, -0.25) is 0 Å². The van der Waals surface area contributed by atoms with E-state index in [9.17, 15) is 4.39 Å². The predicted octanol–water partition coefficient (Wildman–Crippen LogP) is 2.69. The second kappa shape index (κ2) is 6.32. The van der Waals surface area contributed by atoms with Crippen LogP contribution in [0, 0.1) is 5.95 Å². The van der Waals surface area contributed by atoms with Gasteiger partial charge in [0.15, 0.2) is 0 Å². The number of ether oxygens (including phenoxy) is 1. The quantitative estimate of drug-likeness (QED) is 0.786. The zero-order valence-electron chi connectivity index (χ0n) is 11.9. The Hall–Kier alpha value is -2.17. The van der Waals surface area contributed by atoms with Crippen molar-refractivity contribution >= 4 is 5.82 Å². The number of hydrogen-bond acceptors (Lipinski definition) is 4. The summed E-state index contributed by atoms with van der Waals surface area (Å²) in [6.45, 7) is 2.06. The van der Waals surface area contributed by atoms with E-state index in [4.69, 9.17) is 4.74 Å². The van der Waals surface area contributed by atoms with Gasteiger partial charge in [-0.05, 0) is 25.0 Å². The highest BCUT2D eigenvalue weighted by atomic mass is 19.1. The average Bonchev–Trinajstić information content (AvgIpc) is 2.47. The number of rotatable bonds is 5. The van der Waals surface area contributed by atoms with E-state index in [1.807, 2.05) is 36.2 Å². The largest absolute Gasteiger partial charge is 0.496 e. The molecule has 0 amide bonds. The van der Waals surface area contributed by atoms with Crippen LogP contribution >= 0.6 is 0 Å². The minimum absolute atomic E-state index is 0.153. The SMILES string of the molecule is COc1ccccc1CC(C)N(C)c1cc(F)ncn1. The standard InChI is InChI=1S/C15H18FN3O/c1-11(8-12-6-4-5-7-13(12)20-3)19(2)15-9-14(16)17-10-18-15/h4-7,9-11H,8H2,1-3H3. The number of benzene rings is 1. The first-order valence-electron chi connectivity index (χ1n) is 6.44. The maximum Gasteiger partial charge on any atom is 0.218 e. The molecule has 4 nitrogen and oxygen atoms in total. The Morgan fingerprint density at radius 2 is 2.05 bits per heavy atom. The van der Waals surface area contributed by atoms with Crippen molar-refractivity contribution in [3.8, 4) is 5.75 Å². The lowest BCUT2D eigenvalue weighted by molar-refractivity contribution is 0.408. The molecule has 0 spiro atoms. The van der Waals surface area contributed by atoms with Gasteiger partial charge in [-0.15, -0.1) is 0 Å². The van der Waals surface area contributed by atoms with Crippen LogP contribution in [0.3, 0.4) is 0 Å². The summed E-state index contributed by atoms with van der Waals surface area (Å²) in [7, 11) is 3.55. The lowest BCUT2D eigenvalue weighted by atomic mass is 10.1. The van der Waals surface area contributed by atoms with E-state index < -0.39 is 5.95 Å². The smallest absolute Gasteiger partial charge is 0.218 e. The van der Waals surface area contributed by atoms with Gasteiger partial charge >= 0.3 is 0 Å². The molecule has 2 aromatic rings. The molecule has 0 bridgehead atoms. The van der Waals surface area contributed by atoms with Gasteiger partial charge in [0.05, 0.1) is 7.11 Å². The minimum atomic E-state index is -0.522. The van der Waals surface area contributed by atoms with Crippen molar-refractivity contribution < 1.29 is 9.13 Å². The summed E-state index contributed by atoms with van der Waals surface area (Å²) in [5.41, 5.74) is 1.11. The van der Waals surface area contributed by atoms with Crippen LogP contribution in [0.4, 0.5) is 10.2 Å². The van der Waals surface area contributed by atoms with E-state index in [1.165, 1.54) is 12.4 Å².